The molecule has 0 aliphatic heterocycles. The topological polar surface area (TPSA) is 66.4 Å². The number of thioether (sulfide) groups is 1. The first-order chi connectivity index (χ1) is 9.63. The van der Waals surface area contributed by atoms with E-state index in [4.69, 9.17) is 5.11 Å². The number of rotatable bonds is 9. The van der Waals surface area contributed by atoms with Gasteiger partial charge >= 0.3 is 5.97 Å². The quantitative estimate of drug-likeness (QED) is 0.540. The van der Waals surface area contributed by atoms with Crippen molar-refractivity contribution in [3.05, 3.63) is 48.6 Å². The minimum Gasteiger partial charge on any atom is -0.480 e. The minimum absolute atomic E-state index is 0.232. The van der Waals surface area contributed by atoms with Crippen molar-refractivity contribution in [2.75, 3.05) is 11.5 Å². The van der Waals surface area contributed by atoms with Crippen LogP contribution in [0, 0.1) is 0 Å². The number of carboxylic acids is 1. The molecule has 1 amide bonds. The molecule has 0 heterocycles. The third kappa shape index (κ3) is 6.43. The summed E-state index contributed by atoms with van der Waals surface area (Å²) in [4.78, 5) is 22.5. The SMILES string of the molecule is C=CCC(NC(=O)CSCCc1ccccc1)C(=O)O. The minimum atomic E-state index is -1.03. The van der Waals surface area contributed by atoms with E-state index in [1.807, 2.05) is 30.3 Å². The fourth-order valence-electron chi connectivity index (χ4n) is 1.62. The number of benzene rings is 1. The molecule has 1 aromatic carbocycles. The van der Waals surface area contributed by atoms with Crippen molar-refractivity contribution >= 4 is 23.6 Å². The highest BCUT2D eigenvalue weighted by Gasteiger charge is 2.17. The van der Waals surface area contributed by atoms with Gasteiger partial charge < -0.3 is 10.4 Å². The van der Waals surface area contributed by atoms with Crippen LogP contribution in [0.25, 0.3) is 0 Å². The van der Waals surface area contributed by atoms with Crippen molar-refractivity contribution in [1.29, 1.82) is 0 Å². The fraction of sp³-hybridized carbons (Fsp3) is 0.333. The van der Waals surface area contributed by atoms with Crippen LogP contribution in [0.5, 0.6) is 0 Å². The summed E-state index contributed by atoms with van der Waals surface area (Å²) in [6, 6.07) is 9.15. The molecule has 0 saturated carbocycles. The number of nitrogens with one attached hydrogen (secondary N) is 1. The van der Waals surface area contributed by atoms with Gasteiger partial charge in [-0.2, -0.15) is 11.8 Å². The lowest BCUT2D eigenvalue weighted by atomic mass is 10.2. The van der Waals surface area contributed by atoms with Gasteiger partial charge in [0.05, 0.1) is 5.75 Å². The Bertz CT molecular complexity index is 448. The Morgan fingerprint density at radius 2 is 2.05 bits per heavy atom. The van der Waals surface area contributed by atoms with Crippen molar-refractivity contribution in [2.45, 2.75) is 18.9 Å². The summed E-state index contributed by atoms with van der Waals surface area (Å²) in [7, 11) is 0. The molecular weight excluding hydrogens is 274 g/mol. The second-order valence-electron chi connectivity index (χ2n) is 4.27. The zero-order chi connectivity index (χ0) is 14.8. The molecule has 0 fully saturated rings. The maximum absolute atomic E-state index is 11.6. The Morgan fingerprint density at radius 3 is 2.65 bits per heavy atom. The Labute approximate surface area is 123 Å². The number of aryl methyl sites for hydroxylation is 1. The lowest BCUT2D eigenvalue weighted by molar-refractivity contribution is -0.141. The van der Waals surface area contributed by atoms with Gasteiger partial charge in [-0.05, 0) is 24.2 Å². The van der Waals surface area contributed by atoms with Gasteiger partial charge in [-0.3, -0.25) is 4.79 Å². The molecule has 0 radical (unpaired) electrons. The van der Waals surface area contributed by atoms with E-state index in [0.29, 0.717) is 0 Å². The van der Waals surface area contributed by atoms with Gasteiger partial charge in [0.1, 0.15) is 6.04 Å². The van der Waals surface area contributed by atoms with Crippen LogP contribution in [-0.2, 0) is 16.0 Å². The Hall–Kier alpha value is -1.75. The molecule has 0 saturated heterocycles. The summed E-state index contributed by atoms with van der Waals surface area (Å²) in [5.41, 5.74) is 1.23. The molecule has 5 heteroatoms. The lowest BCUT2D eigenvalue weighted by Gasteiger charge is -2.12. The van der Waals surface area contributed by atoms with Crippen molar-refractivity contribution in [2.24, 2.45) is 0 Å². The molecule has 0 aliphatic rings. The van der Waals surface area contributed by atoms with Gasteiger partial charge in [0.25, 0.3) is 0 Å². The zero-order valence-electron chi connectivity index (χ0n) is 11.2. The van der Waals surface area contributed by atoms with Crippen LogP contribution in [0.3, 0.4) is 0 Å². The van der Waals surface area contributed by atoms with Crippen molar-refractivity contribution in [3.63, 3.8) is 0 Å². The number of carboxylic acid groups (broad SMARTS) is 1. The first-order valence-electron chi connectivity index (χ1n) is 6.38. The number of amides is 1. The molecule has 0 aliphatic carbocycles. The van der Waals surface area contributed by atoms with Crippen molar-refractivity contribution in [3.8, 4) is 0 Å². The van der Waals surface area contributed by atoms with Crippen LogP contribution in [0.15, 0.2) is 43.0 Å². The predicted octanol–water partition coefficient (Wildman–Crippen LogP) is 2.11. The highest BCUT2D eigenvalue weighted by atomic mass is 32.2. The predicted molar refractivity (Wildman–Crippen MR) is 81.9 cm³/mol. The summed E-state index contributed by atoms with van der Waals surface area (Å²) in [5, 5.41) is 11.4. The van der Waals surface area contributed by atoms with Crippen LogP contribution in [0.1, 0.15) is 12.0 Å². The number of carbonyl (C=O) groups excluding carboxylic acids is 1. The van der Waals surface area contributed by atoms with Crippen LogP contribution < -0.4 is 5.32 Å². The first kappa shape index (κ1) is 16.3. The summed E-state index contributed by atoms with van der Waals surface area (Å²) in [6.45, 7) is 3.48. The molecule has 0 spiro atoms. The van der Waals surface area contributed by atoms with E-state index in [9.17, 15) is 9.59 Å². The van der Waals surface area contributed by atoms with E-state index in [-0.39, 0.29) is 18.1 Å². The third-order valence-electron chi connectivity index (χ3n) is 2.65. The van der Waals surface area contributed by atoms with Gasteiger partial charge in [-0.25, -0.2) is 4.79 Å². The monoisotopic (exact) mass is 293 g/mol. The average molecular weight is 293 g/mol. The molecule has 1 aromatic rings. The Balaban J connectivity index is 2.22. The second-order valence-corrected chi connectivity index (χ2v) is 5.38. The largest absolute Gasteiger partial charge is 0.480 e. The van der Waals surface area contributed by atoms with Gasteiger partial charge in [-0.1, -0.05) is 36.4 Å². The van der Waals surface area contributed by atoms with Gasteiger partial charge in [0.15, 0.2) is 0 Å². The third-order valence-corrected chi connectivity index (χ3v) is 3.61. The number of carbonyl (C=O) groups is 2. The summed E-state index contributed by atoms with van der Waals surface area (Å²) >= 11 is 1.50. The molecule has 1 unspecified atom stereocenters. The van der Waals surface area contributed by atoms with E-state index < -0.39 is 12.0 Å². The van der Waals surface area contributed by atoms with Crippen LogP contribution in [0.4, 0.5) is 0 Å². The smallest absolute Gasteiger partial charge is 0.326 e. The number of hydrogen-bond acceptors (Lipinski definition) is 3. The van der Waals surface area contributed by atoms with E-state index >= 15 is 0 Å². The molecule has 4 nitrogen and oxygen atoms in total. The maximum atomic E-state index is 11.6. The maximum Gasteiger partial charge on any atom is 0.326 e. The molecule has 20 heavy (non-hydrogen) atoms. The van der Waals surface area contributed by atoms with E-state index in [1.54, 1.807) is 0 Å². The van der Waals surface area contributed by atoms with Crippen LogP contribution in [-0.4, -0.2) is 34.5 Å². The Kier molecular flexibility index (Phi) is 7.50. The lowest BCUT2D eigenvalue weighted by Crippen LogP contribution is -2.41. The van der Waals surface area contributed by atoms with E-state index in [2.05, 4.69) is 11.9 Å². The Morgan fingerprint density at radius 1 is 1.35 bits per heavy atom. The summed E-state index contributed by atoms with van der Waals surface area (Å²) < 4.78 is 0. The van der Waals surface area contributed by atoms with E-state index in [0.717, 1.165) is 12.2 Å². The molecule has 1 rings (SSSR count). The first-order valence-corrected chi connectivity index (χ1v) is 7.53. The van der Waals surface area contributed by atoms with Gasteiger partial charge in [-0.15, -0.1) is 6.58 Å². The standard InChI is InChI=1S/C15H19NO3S/c1-2-6-13(15(18)19)16-14(17)11-20-10-9-12-7-4-3-5-8-12/h2-5,7-8,13H,1,6,9-11H2,(H,16,17)(H,18,19). The average Bonchev–Trinajstić information content (AvgIpc) is 2.44. The summed E-state index contributed by atoms with van der Waals surface area (Å²) in [6.07, 6.45) is 2.62. The number of hydrogen-bond donors (Lipinski definition) is 2. The molecule has 108 valence electrons. The van der Waals surface area contributed by atoms with Crippen LogP contribution >= 0.6 is 11.8 Å². The van der Waals surface area contributed by atoms with Crippen LogP contribution in [0.2, 0.25) is 0 Å². The highest BCUT2D eigenvalue weighted by molar-refractivity contribution is 7.99. The second kappa shape index (κ2) is 9.20. The highest BCUT2D eigenvalue weighted by Crippen LogP contribution is 2.07. The van der Waals surface area contributed by atoms with E-state index in [1.165, 1.54) is 23.4 Å². The van der Waals surface area contributed by atoms with Gasteiger partial charge in [0, 0.05) is 0 Å². The van der Waals surface area contributed by atoms with Gasteiger partial charge in [0.2, 0.25) is 5.91 Å². The molecule has 1 atom stereocenters. The van der Waals surface area contributed by atoms with Crippen molar-refractivity contribution < 1.29 is 14.7 Å². The molecule has 0 bridgehead atoms. The number of aliphatic carboxylic acids is 1. The fourth-order valence-corrected chi connectivity index (χ4v) is 2.42. The molecule has 0 aromatic heterocycles. The molecular formula is C15H19NO3S. The molecule has 2 N–H and O–H groups in total. The normalized spacial score (nSPS) is 11.6. The van der Waals surface area contributed by atoms with Crippen molar-refractivity contribution in [1.82, 2.24) is 5.32 Å². The summed E-state index contributed by atoms with van der Waals surface area (Å²) in [5.74, 6) is -0.186. The zero-order valence-corrected chi connectivity index (χ0v) is 12.1.